The van der Waals surface area contributed by atoms with Crippen LogP contribution in [0.25, 0.3) is 0 Å². The number of hydrogen-bond acceptors (Lipinski definition) is 3. The van der Waals surface area contributed by atoms with Gasteiger partial charge in [0.1, 0.15) is 5.60 Å². The first-order chi connectivity index (χ1) is 8.07. The molecule has 2 rings (SSSR count). The topological polar surface area (TPSA) is 38.8 Å². The molecule has 1 heterocycles. The van der Waals surface area contributed by atoms with Crippen LogP contribution in [0, 0.1) is 11.8 Å². The molecule has 1 saturated heterocycles. The van der Waals surface area contributed by atoms with Crippen LogP contribution in [0.15, 0.2) is 0 Å². The summed E-state index contributed by atoms with van der Waals surface area (Å²) in [6, 6.07) is 0. The first-order valence-electron chi connectivity index (χ1n) is 6.92. The summed E-state index contributed by atoms with van der Waals surface area (Å²) in [7, 11) is 0. The third-order valence-electron chi connectivity index (χ3n) is 3.93. The number of hydrogen-bond donors (Lipinski definition) is 0. The molecule has 0 amide bonds. The van der Waals surface area contributed by atoms with Gasteiger partial charge in [-0.3, -0.25) is 0 Å². The number of ether oxygens (including phenoxy) is 2. The second-order valence-electron chi connectivity index (χ2n) is 5.91. The maximum absolute atomic E-state index is 11.7. The summed E-state index contributed by atoms with van der Waals surface area (Å²) < 4.78 is 10.7. The standard InChI is InChI=1S/C14H24O3/c1-4-16-13(15)12-14(17-12)7-5-6-11(9-14)8-10(2)3/h10-12H,4-9H2,1-3H3. The summed E-state index contributed by atoms with van der Waals surface area (Å²) in [4.78, 5) is 11.7. The maximum atomic E-state index is 11.7. The Morgan fingerprint density at radius 2 is 2.29 bits per heavy atom. The molecule has 3 atom stereocenters. The molecule has 3 nitrogen and oxygen atoms in total. The lowest BCUT2D eigenvalue weighted by molar-refractivity contribution is -0.144. The number of epoxide rings is 1. The molecule has 0 aromatic carbocycles. The van der Waals surface area contributed by atoms with E-state index in [9.17, 15) is 4.79 Å². The van der Waals surface area contributed by atoms with Crippen LogP contribution in [-0.4, -0.2) is 24.3 Å². The molecule has 1 aliphatic carbocycles. The van der Waals surface area contributed by atoms with Crippen molar-refractivity contribution in [3.8, 4) is 0 Å². The van der Waals surface area contributed by atoms with Crippen molar-refractivity contribution < 1.29 is 14.3 Å². The second kappa shape index (κ2) is 4.97. The van der Waals surface area contributed by atoms with Gasteiger partial charge in [-0.1, -0.05) is 26.7 Å². The summed E-state index contributed by atoms with van der Waals surface area (Å²) >= 11 is 0. The minimum absolute atomic E-state index is 0.149. The number of carbonyl (C=O) groups excluding carboxylic acids is 1. The normalized spacial score (nSPS) is 36.2. The van der Waals surface area contributed by atoms with Crippen molar-refractivity contribution in [2.24, 2.45) is 11.8 Å². The van der Waals surface area contributed by atoms with Gasteiger partial charge in [-0.05, 0) is 38.0 Å². The minimum atomic E-state index is -0.266. The van der Waals surface area contributed by atoms with Crippen molar-refractivity contribution in [2.45, 2.75) is 64.6 Å². The monoisotopic (exact) mass is 240 g/mol. The van der Waals surface area contributed by atoms with Gasteiger partial charge in [-0.25, -0.2) is 4.79 Å². The van der Waals surface area contributed by atoms with Gasteiger partial charge < -0.3 is 9.47 Å². The molecule has 1 saturated carbocycles. The number of rotatable bonds is 4. The van der Waals surface area contributed by atoms with E-state index in [-0.39, 0.29) is 17.7 Å². The molecule has 17 heavy (non-hydrogen) atoms. The highest BCUT2D eigenvalue weighted by atomic mass is 16.7. The Hall–Kier alpha value is -0.570. The molecule has 0 aromatic heterocycles. The molecule has 2 fully saturated rings. The molecule has 2 aliphatic rings. The zero-order valence-corrected chi connectivity index (χ0v) is 11.2. The molecule has 3 heteroatoms. The zero-order valence-electron chi connectivity index (χ0n) is 11.2. The summed E-state index contributed by atoms with van der Waals surface area (Å²) in [5.41, 5.74) is -0.149. The van der Waals surface area contributed by atoms with E-state index in [2.05, 4.69) is 13.8 Å². The van der Waals surface area contributed by atoms with E-state index in [1.54, 1.807) is 0 Å². The van der Waals surface area contributed by atoms with Crippen LogP contribution in [-0.2, 0) is 14.3 Å². The molecule has 0 radical (unpaired) electrons. The van der Waals surface area contributed by atoms with Crippen LogP contribution in [0.1, 0.15) is 52.9 Å². The molecular formula is C14H24O3. The van der Waals surface area contributed by atoms with E-state index in [1.165, 1.54) is 19.3 Å². The molecule has 0 bridgehead atoms. The molecule has 3 unspecified atom stereocenters. The average molecular weight is 240 g/mol. The van der Waals surface area contributed by atoms with Gasteiger partial charge in [-0.15, -0.1) is 0 Å². The Labute approximate surface area is 104 Å². The molecule has 0 aromatic rings. The zero-order chi connectivity index (χ0) is 12.5. The average Bonchev–Trinajstić information content (AvgIpc) is 2.91. The van der Waals surface area contributed by atoms with E-state index in [1.807, 2.05) is 6.92 Å². The second-order valence-corrected chi connectivity index (χ2v) is 5.91. The first-order valence-corrected chi connectivity index (χ1v) is 6.92. The Morgan fingerprint density at radius 3 is 2.94 bits per heavy atom. The van der Waals surface area contributed by atoms with Crippen molar-refractivity contribution in [1.29, 1.82) is 0 Å². The van der Waals surface area contributed by atoms with Crippen LogP contribution >= 0.6 is 0 Å². The van der Waals surface area contributed by atoms with Gasteiger partial charge in [0.05, 0.1) is 6.61 Å². The van der Waals surface area contributed by atoms with Gasteiger partial charge in [-0.2, -0.15) is 0 Å². The van der Waals surface area contributed by atoms with Crippen molar-refractivity contribution in [3.63, 3.8) is 0 Å². The van der Waals surface area contributed by atoms with E-state index >= 15 is 0 Å². The Morgan fingerprint density at radius 1 is 1.53 bits per heavy atom. The molecule has 1 spiro atoms. The maximum Gasteiger partial charge on any atom is 0.338 e. The molecule has 98 valence electrons. The highest BCUT2D eigenvalue weighted by Gasteiger charge is 2.62. The summed E-state index contributed by atoms with van der Waals surface area (Å²) in [5.74, 6) is 1.30. The van der Waals surface area contributed by atoms with Crippen LogP contribution in [0.3, 0.4) is 0 Å². The van der Waals surface area contributed by atoms with Gasteiger partial charge >= 0.3 is 5.97 Å². The largest absolute Gasteiger partial charge is 0.464 e. The Balaban J connectivity index is 1.88. The fourth-order valence-electron chi connectivity index (χ4n) is 3.28. The quantitative estimate of drug-likeness (QED) is 0.560. The highest BCUT2D eigenvalue weighted by molar-refractivity contribution is 5.79. The van der Waals surface area contributed by atoms with Crippen LogP contribution in [0.2, 0.25) is 0 Å². The Kier molecular flexibility index (Phi) is 3.76. The fraction of sp³-hybridized carbons (Fsp3) is 0.929. The van der Waals surface area contributed by atoms with Crippen molar-refractivity contribution in [2.75, 3.05) is 6.61 Å². The third kappa shape index (κ3) is 2.82. The first kappa shape index (κ1) is 12.9. The number of esters is 1. The van der Waals surface area contributed by atoms with Gasteiger partial charge in [0.2, 0.25) is 0 Å². The van der Waals surface area contributed by atoms with Crippen molar-refractivity contribution in [3.05, 3.63) is 0 Å². The molecule has 0 N–H and O–H groups in total. The van der Waals surface area contributed by atoms with E-state index < -0.39 is 0 Å². The van der Waals surface area contributed by atoms with Crippen LogP contribution in [0.4, 0.5) is 0 Å². The number of carbonyl (C=O) groups is 1. The van der Waals surface area contributed by atoms with Crippen molar-refractivity contribution in [1.82, 2.24) is 0 Å². The van der Waals surface area contributed by atoms with E-state index in [4.69, 9.17) is 9.47 Å². The van der Waals surface area contributed by atoms with Gasteiger partial charge in [0.15, 0.2) is 6.10 Å². The van der Waals surface area contributed by atoms with E-state index in [0.29, 0.717) is 6.61 Å². The minimum Gasteiger partial charge on any atom is -0.464 e. The predicted octanol–water partition coefficient (Wildman–Crippen LogP) is 2.92. The summed E-state index contributed by atoms with van der Waals surface area (Å²) in [6.45, 7) is 6.81. The lowest BCUT2D eigenvalue weighted by atomic mass is 9.76. The third-order valence-corrected chi connectivity index (χ3v) is 3.93. The molecular weight excluding hydrogens is 216 g/mol. The predicted molar refractivity (Wildman–Crippen MR) is 65.7 cm³/mol. The highest BCUT2D eigenvalue weighted by Crippen LogP contribution is 2.51. The Bertz CT molecular complexity index is 287. The lowest BCUT2D eigenvalue weighted by Crippen LogP contribution is -2.29. The van der Waals surface area contributed by atoms with Gasteiger partial charge in [0.25, 0.3) is 0 Å². The van der Waals surface area contributed by atoms with Gasteiger partial charge in [0, 0.05) is 0 Å². The SMILES string of the molecule is CCOC(=O)C1OC12CCCC(CC(C)C)C2. The molecule has 1 aliphatic heterocycles. The lowest BCUT2D eigenvalue weighted by Gasteiger charge is -2.28. The summed E-state index contributed by atoms with van der Waals surface area (Å²) in [6.07, 6.45) is 5.55. The smallest absolute Gasteiger partial charge is 0.338 e. The van der Waals surface area contributed by atoms with Crippen LogP contribution < -0.4 is 0 Å². The summed E-state index contributed by atoms with van der Waals surface area (Å²) in [5, 5.41) is 0. The fourth-order valence-corrected chi connectivity index (χ4v) is 3.28. The van der Waals surface area contributed by atoms with Crippen molar-refractivity contribution >= 4 is 5.97 Å². The van der Waals surface area contributed by atoms with Crippen LogP contribution in [0.5, 0.6) is 0 Å². The van der Waals surface area contributed by atoms with E-state index in [0.717, 1.165) is 24.7 Å².